The maximum atomic E-state index is 12.7. The third kappa shape index (κ3) is 2.99. The van der Waals surface area contributed by atoms with Crippen LogP contribution in [0.25, 0.3) is 0 Å². The van der Waals surface area contributed by atoms with Gasteiger partial charge in [-0.1, -0.05) is 6.92 Å². The van der Waals surface area contributed by atoms with Gasteiger partial charge in [-0.2, -0.15) is 4.31 Å². The van der Waals surface area contributed by atoms with Gasteiger partial charge in [0.05, 0.1) is 4.90 Å². The Bertz CT molecular complexity index is 569. The number of nitrogens with zero attached hydrogens (tertiary/aromatic N) is 1. The Balaban J connectivity index is 2.36. The van der Waals surface area contributed by atoms with Crippen molar-refractivity contribution in [3.63, 3.8) is 0 Å². The molecular weight excluding hydrogens is 272 g/mol. The molecule has 1 saturated carbocycles. The van der Waals surface area contributed by atoms with E-state index >= 15 is 0 Å². The highest BCUT2D eigenvalue weighted by molar-refractivity contribution is 7.89. The SMILES string of the molecule is CCCNc1cc(C)c(S(=O)(=O)N(C)C2CC2)c(C)c1. The Hall–Kier alpha value is -1.07. The lowest BCUT2D eigenvalue weighted by atomic mass is 10.1. The molecule has 0 bridgehead atoms. The topological polar surface area (TPSA) is 49.4 Å². The highest BCUT2D eigenvalue weighted by atomic mass is 32.2. The second-order valence-electron chi connectivity index (χ2n) is 5.62. The van der Waals surface area contributed by atoms with Gasteiger partial charge in [0.1, 0.15) is 0 Å². The van der Waals surface area contributed by atoms with Crippen molar-refractivity contribution in [1.82, 2.24) is 4.31 Å². The van der Waals surface area contributed by atoms with E-state index in [1.807, 2.05) is 26.0 Å². The number of hydrogen-bond acceptors (Lipinski definition) is 3. The normalized spacial score (nSPS) is 15.7. The molecule has 1 aromatic rings. The molecule has 1 N–H and O–H groups in total. The van der Waals surface area contributed by atoms with Crippen LogP contribution in [-0.2, 0) is 10.0 Å². The molecule has 0 unspecified atom stereocenters. The fraction of sp³-hybridized carbons (Fsp3) is 0.600. The van der Waals surface area contributed by atoms with Gasteiger partial charge in [0.2, 0.25) is 10.0 Å². The van der Waals surface area contributed by atoms with Crippen LogP contribution in [0.3, 0.4) is 0 Å². The maximum Gasteiger partial charge on any atom is 0.243 e. The van der Waals surface area contributed by atoms with E-state index in [9.17, 15) is 8.42 Å². The third-order valence-corrected chi connectivity index (χ3v) is 5.95. The molecule has 0 atom stereocenters. The van der Waals surface area contributed by atoms with E-state index in [-0.39, 0.29) is 6.04 Å². The summed E-state index contributed by atoms with van der Waals surface area (Å²) in [4.78, 5) is 0.467. The van der Waals surface area contributed by atoms with Crippen LogP contribution in [0.4, 0.5) is 5.69 Å². The van der Waals surface area contributed by atoms with Crippen LogP contribution in [-0.4, -0.2) is 32.4 Å². The number of nitrogens with one attached hydrogen (secondary N) is 1. The molecule has 0 saturated heterocycles. The second kappa shape index (κ2) is 5.74. The lowest BCUT2D eigenvalue weighted by Gasteiger charge is -2.20. The van der Waals surface area contributed by atoms with Crippen LogP contribution in [0.5, 0.6) is 0 Å². The average Bonchev–Trinajstić information content (AvgIpc) is 3.18. The summed E-state index contributed by atoms with van der Waals surface area (Å²) < 4.78 is 26.9. The highest BCUT2D eigenvalue weighted by Gasteiger charge is 2.36. The Morgan fingerprint density at radius 1 is 1.25 bits per heavy atom. The van der Waals surface area contributed by atoms with Crippen LogP contribution >= 0.6 is 0 Å². The van der Waals surface area contributed by atoms with Crippen molar-refractivity contribution in [2.45, 2.75) is 51.0 Å². The average molecular weight is 296 g/mol. The van der Waals surface area contributed by atoms with E-state index in [0.29, 0.717) is 4.90 Å². The van der Waals surface area contributed by atoms with Crippen molar-refractivity contribution in [1.29, 1.82) is 0 Å². The summed E-state index contributed by atoms with van der Waals surface area (Å²) in [5, 5.41) is 3.31. The minimum Gasteiger partial charge on any atom is -0.385 e. The van der Waals surface area contributed by atoms with Crippen LogP contribution in [0, 0.1) is 13.8 Å². The summed E-state index contributed by atoms with van der Waals surface area (Å²) in [5.41, 5.74) is 2.63. The molecule has 1 aliphatic rings. The number of aryl methyl sites for hydroxylation is 2. The smallest absolute Gasteiger partial charge is 0.243 e. The number of anilines is 1. The van der Waals surface area contributed by atoms with Gasteiger partial charge in [0, 0.05) is 25.3 Å². The molecule has 112 valence electrons. The van der Waals surface area contributed by atoms with Gasteiger partial charge in [0.15, 0.2) is 0 Å². The molecule has 20 heavy (non-hydrogen) atoms. The molecule has 0 spiro atoms. The predicted octanol–water partition coefficient (Wildman–Crippen LogP) is 2.91. The van der Waals surface area contributed by atoms with E-state index in [4.69, 9.17) is 0 Å². The molecular formula is C15H24N2O2S. The molecule has 2 rings (SSSR count). The molecule has 0 aromatic heterocycles. The molecule has 0 amide bonds. The Kier molecular flexibility index (Phi) is 4.39. The Labute approximate surface area is 122 Å². The first-order valence-corrected chi connectivity index (χ1v) is 8.65. The van der Waals surface area contributed by atoms with Crippen LogP contribution in [0.2, 0.25) is 0 Å². The summed E-state index contributed by atoms with van der Waals surface area (Å²) in [6.45, 7) is 6.75. The minimum absolute atomic E-state index is 0.191. The van der Waals surface area contributed by atoms with Gasteiger partial charge in [-0.05, 0) is 56.4 Å². The van der Waals surface area contributed by atoms with Crippen LogP contribution in [0.1, 0.15) is 37.3 Å². The standard InChI is InChI=1S/C15H24N2O2S/c1-5-8-16-13-9-11(2)15(12(3)10-13)20(18,19)17(4)14-6-7-14/h9-10,14,16H,5-8H2,1-4H3. The largest absolute Gasteiger partial charge is 0.385 e. The molecule has 0 aliphatic heterocycles. The fourth-order valence-corrected chi connectivity index (χ4v) is 4.33. The Morgan fingerprint density at radius 2 is 1.80 bits per heavy atom. The number of sulfonamides is 1. The molecule has 0 heterocycles. The number of rotatable bonds is 6. The number of hydrogen-bond donors (Lipinski definition) is 1. The van der Waals surface area contributed by atoms with Crippen molar-refractivity contribution in [3.8, 4) is 0 Å². The zero-order valence-corrected chi connectivity index (χ0v) is 13.5. The molecule has 5 heteroatoms. The van der Waals surface area contributed by atoms with Gasteiger partial charge >= 0.3 is 0 Å². The number of benzene rings is 1. The maximum absolute atomic E-state index is 12.7. The lowest BCUT2D eigenvalue weighted by molar-refractivity contribution is 0.463. The first-order chi connectivity index (χ1) is 9.37. The summed E-state index contributed by atoms with van der Waals surface area (Å²) >= 11 is 0. The zero-order chi connectivity index (χ0) is 14.9. The summed E-state index contributed by atoms with van der Waals surface area (Å²) in [6.07, 6.45) is 3.00. The first kappa shape index (κ1) is 15.3. The van der Waals surface area contributed by atoms with Crippen molar-refractivity contribution in [2.75, 3.05) is 18.9 Å². The predicted molar refractivity (Wildman–Crippen MR) is 82.7 cm³/mol. The highest BCUT2D eigenvalue weighted by Crippen LogP contribution is 2.33. The van der Waals surface area contributed by atoms with Crippen molar-refractivity contribution >= 4 is 15.7 Å². The molecule has 0 radical (unpaired) electrons. The third-order valence-electron chi connectivity index (χ3n) is 3.74. The zero-order valence-electron chi connectivity index (χ0n) is 12.7. The monoisotopic (exact) mass is 296 g/mol. The molecule has 1 aromatic carbocycles. The van der Waals surface area contributed by atoms with Crippen LogP contribution < -0.4 is 5.32 Å². The van der Waals surface area contributed by atoms with Gasteiger partial charge < -0.3 is 5.32 Å². The Morgan fingerprint density at radius 3 is 2.25 bits per heavy atom. The quantitative estimate of drug-likeness (QED) is 0.878. The molecule has 4 nitrogen and oxygen atoms in total. The van der Waals surface area contributed by atoms with Crippen molar-refractivity contribution < 1.29 is 8.42 Å². The minimum atomic E-state index is -3.37. The van der Waals surface area contributed by atoms with Crippen LogP contribution in [0.15, 0.2) is 17.0 Å². The van der Waals surface area contributed by atoms with Gasteiger partial charge in [-0.25, -0.2) is 8.42 Å². The van der Waals surface area contributed by atoms with Crippen molar-refractivity contribution in [2.24, 2.45) is 0 Å². The molecule has 1 aliphatic carbocycles. The van der Waals surface area contributed by atoms with Crippen molar-refractivity contribution in [3.05, 3.63) is 23.3 Å². The van der Waals surface area contributed by atoms with E-state index in [1.165, 1.54) is 4.31 Å². The van der Waals surface area contributed by atoms with Gasteiger partial charge in [-0.3, -0.25) is 0 Å². The molecule has 1 fully saturated rings. The lowest BCUT2D eigenvalue weighted by Crippen LogP contribution is -2.30. The van der Waals surface area contributed by atoms with E-state index in [1.54, 1.807) is 7.05 Å². The second-order valence-corrected chi connectivity index (χ2v) is 7.55. The van der Waals surface area contributed by atoms with Gasteiger partial charge in [-0.15, -0.1) is 0 Å². The fourth-order valence-electron chi connectivity index (χ4n) is 2.51. The van der Waals surface area contributed by atoms with E-state index in [2.05, 4.69) is 12.2 Å². The van der Waals surface area contributed by atoms with E-state index < -0.39 is 10.0 Å². The summed E-state index contributed by atoms with van der Waals surface area (Å²) in [6, 6.07) is 4.05. The van der Waals surface area contributed by atoms with E-state index in [0.717, 1.165) is 42.6 Å². The summed E-state index contributed by atoms with van der Waals surface area (Å²) in [7, 11) is -1.68. The summed E-state index contributed by atoms with van der Waals surface area (Å²) in [5.74, 6) is 0. The first-order valence-electron chi connectivity index (χ1n) is 7.21. The van der Waals surface area contributed by atoms with Gasteiger partial charge in [0.25, 0.3) is 0 Å².